The minimum absolute atomic E-state index is 0.121. The second-order valence-electron chi connectivity index (χ2n) is 8.53. The van der Waals surface area contributed by atoms with Gasteiger partial charge in [0, 0.05) is 22.8 Å². The van der Waals surface area contributed by atoms with Crippen LogP contribution in [0.3, 0.4) is 0 Å². The van der Waals surface area contributed by atoms with Crippen molar-refractivity contribution < 1.29 is 14.2 Å². The Balaban J connectivity index is 1.63. The fraction of sp³-hybridized carbons (Fsp3) is 0.524. The Bertz CT molecular complexity index is 1090. The number of benzene rings is 1. The molecule has 0 saturated carbocycles. The van der Waals surface area contributed by atoms with E-state index in [1.165, 1.54) is 0 Å². The molecule has 3 aliphatic heterocycles. The summed E-state index contributed by atoms with van der Waals surface area (Å²) in [5, 5.41) is 4.31. The van der Waals surface area contributed by atoms with Gasteiger partial charge in [-0.05, 0) is 45.7 Å². The second kappa shape index (κ2) is 7.44. The van der Waals surface area contributed by atoms with Gasteiger partial charge in [0.05, 0.1) is 34.1 Å². The first kappa shape index (κ1) is 20.2. The molecule has 30 heavy (non-hydrogen) atoms. The van der Waals surface area contributed by atoms with Gasteiger partial charge in [0.15, 0.2) is 12.6 Å². The van der Waals surface area contributed by atoms with Crippen LogP contribution >= 0.6 is 23.4 Å². The minimum Gasteiger partial charge on any atom is -0.467 e. The first-order valence-corrected chi connectivity index (χ1v) is 11.3. The Morgan fingerprint density at radius 2 is 2.20 bits per heavy atom. The first-order chi connectivity index (χ1) is 14.3. The van der Waals surface area contributed by atoms with Gasteiger partial charge in [-0.2, -0.15) is 0 Å². The predicted octanol–water partition coefficient (Wildman–Crippen LogP) is 4.71. The van der Waals surface area contributed by atoms with Crippen molar-refractivity contribution in [1.29, 1.82) is 0 Å². The number of hydrogen-bond acceptors (Lipinski definition) is 6. The molecule has 1 saturated heterocycles. The van der Waals surface area contributed by atoms with Crippen LogP contribution in [0.5, 0.6) is 5.75 Å². The summed E-state index contributed by atoms with van der Waals surface area (Å²) in [6, 6.07) is 3.87. The molecular weight excluding hydrogens is 426 g/mol. The molecule has 1 N–H and O–H groups in total. The molecule has 2 aromatic rings. The zero-order valence-electron chi connectivity index (χ0n) is 17.2. The normalized spacial score (nSPS) is 25.1. The zero-order valence-corrected chi connectivity index (χ0v) is 18.7. The third kappa shape index (κ3) is 3.49. The van der Waals surface area contributed by atoms with Crippen molar-refractivity contribution >= 4 is 34.2 Å². The number of nitrogens with zero attached hydrogens (tertiary/aromatic N) is 2. The van der Waals surface area contributed by atoms with Crippen LogP contribution in [0.25, 0.3) is 0 Å². The number of aromatic nitrogens is 2. The molecule has 7 nitrogen and oxygen atoms in total. The van der Waals surface area contributed by atoms with E-state index < -0.39 is 0 Å². The second-order valence-corrected chi connectivity index (χ2v) is 10.3. The van der Waals surface area contributed by atoms with Crippen LogP contribution in [-0.4, -0.2) is 33.8 Å². The Kier molecular flexibility index (Phi) is 5.01. The van der Waals surface area contributed by atoms with E-state index in [-0.39, 0.29) is 29.2 Å². The molecule has 2 atom stereocenters. The molecule has 0 unspecified atom stereocenters. The van der Waals surface area contributed by atoms with Gasteiger partial charge in [-0.1, -0.05) is 23.4 Å². The van der Waals surface area contributed by atoms with Crippen LogP contribution in [0, 0.1) is 0 Å². The molecule has 1 fully saturated rings. The number of aliphatic imine (C=N–C) groups is 1. The largest absolute Gasteiger partial charge is 0.467 e. The SMILES string of the molecule is CC1=Nc2c(c(=O)[nH]n2[C@@H]2CCOC(C)(C)C2)[C@@H](c2cc(Cl)cc3c2OCOC3)S1. The molecule has 160 valence electrons. The summed E-state index contributed by atoms with van der Waals surface area (Å²) in [6.45, 7) is 7.42. The van der Waals surface area contributed by atoms with E-state index in [2.05, 4.69) is 18.9 Å². The standard InChI is InChI=1S/C21H24ClN3O4S/c1-11-23-19-16(20(26)24-25(19)14-4-5-29-21(2,3)8-14)18(30-11)15-7-13(22)6-12-9-27-10-28-17(12)15/h6-7,14,18H,4-5,8-10H2,1-3H3,(H,24,26)/t14-,18-/m1/s1. The van der Waals surface area contributed by atoms with E-state index in [9.17, 15) is 4.79 Å². The fourth-order valence-electron chi connectivity index (χ4n) is 4.52. The number of ether oxygens (including phenoxy) is 3. The van der Waals surface area contributed by atoms with Crippen molar-refractivity contribution in [3.63, 3.8) is 0 Å². The van der Waals surface area contributed by atoms with Gasteiger partial charge in [0.2, 0.25) is 0 Å². The Morgan fingerprint density at radius 3 is 3.00 bits per heavy atom. The Hall–Kier alpha value is -1.74. The number of thioether (sulfide) groups is 1. The number of halogens is 1. The topological polar surface area (TPSA) is 77.8 Å². The van der Waals surface area contributed by atoms with E-state index in [0.29, 0.717) is 29.6 Å². The van der Waals surface area contributed by atoms with Gasteiger partial charge in [0.25, 0.3) is 5.56 Å². The van der Waals surface area contributed by atoms with Gasteiger partial charge in [-0.25, -0.2) is 4.99 Å². The lowest BCUT2D eigenvalue weighted by Gasteiger charge is -2.36. The van der Waals surface area contributed by atoms with Crippen molar-refractivity contribution in [3.05, 3.63) is 44.2 Å². The number of H-pyrrole nitrogens is 1. The molecule has 0 radical (unpaired) electrons. The van der Waals surface area contributed by atoms with Gasteiger partial charge < -0.3 is 14.2 Å². The molecule has 4 heterocycles. The summed E-state index contributed by atoms with van der Waals surface area (Å²) >= 11 is 7.96. The molecule has 0 spiro atoms. The fourth-order valence-corrected chi connectivity index (χ4v) is 5.88. The highest BCUT2D eigenvalue weighted by molar-refractivity contribution is 8.14. The average Bonchev–Trinajstić information content (AvgIpc) is 3.02. The summed E-state index contributed by atoms with van der Waals surface area (Å²) in [7, 11) is 0. The zero-order chi connectivity index (χ0) is 21.0. The smallest absolute Gasteiger partial charge is 0.271 e. The van der Waals surface area contributed by atoms with Crippen molar-refractivity contribution in [2.45, 2.75) is 57.1 Å². The lowest BCUT2D eigenvalue weighted by Crippen LogP contribution is -2.35. The Morgan fingerprint density at radius 1 is 1.37 bits per heavy atom. The average molecular weight is 450 g/mol. The van der Waals surface area contributed by atoms with Crippen LogP contribution in [-0.2, 0) is 16.1 Å². The van der Waals surface area contributed by atoms with E-state index >= 15 is 0 Å². The van der Waals surface area contributed by atoms with Crippen LogP contribution in [0.2, 0.25) is 5.02 Å². The molecule has 0 bridgehead atoms. The summed E-state index contributed by atoms with van der Waals surface area (Å²) in [6.07, 6.45) is 1.64. The third-order valence-corrected chi connectivity index (χ3v) is 7.15. The van der Waals surface area contributed by atoms with Crippen LogP contribution in [0.1, 0.15) is 61.6 Å². The maximum Gasteiger partial charge on any atom is 0.271 e. The van der Waals surface area contributed by atoms with Gasteiger partial charge in [0.1, 0.15) is 5.75 Å². The van der Waals surface area contributed by atoms with Crippen LogP contribution < -0.4 is 10.3 Å². The summed E-state index contributed by atoms with van der Waals surface area (Å²) in [5.41, 5.74) is 2.07. The van der Waals surface area contributed by atoms with Gasteiger partial charge in [-0.15, -0.1) is 0 Å². The number of rotatable bonds is 2. The molecule has 0 amide bonds. The van der Waals surface area contributed by atoms with Gasteiger partial charge in [-0.3, -0.25) is 14.6 Å². The lowest BCUT2D eigenvalue weighted by atomic mass is 9.94. The highest BCUT2D eigenvalue weighted by Crippen LogP contribution is 2.49. The summed E-state index contributed by atoms with van der Waals surface area (Å²) in [5.74, 6) is 1.45. The number of aromatic amines is 1. The van der Waals surface area contributed by atoms with Crippen LogP contribution in [0.4, 0.5) is 5.82 Å². The van der Waals surface area contributed by atoms with Gasteiger partial charge >= 0.3 is 0 Å². The number of fused-ring (bicyclic) bond motifs is 2. The Labute approximate surface area is 183 Å². The van der Waals surface area contributed by atoms with Crippen molar-refractivity contribution in [3.8, 4) is 5.75 Å². The minimum atomic E-state index is -0.249. The van der Waals surface area contributed by atoms with E-state index in [1.807, 2.05) is 23.7 Å². The van der Waals surface area contributed by atoms with Crippen molar-refractivity contribution in [2.24, 2.45) is 4.99 Å². The van der Waals surface area contributed by atoms with E-state index in [1.54, 1.807) is 11.8 Å². The molecule has 3 aliphatic rings. The predicted molar refractivity (Wildman–Crippen MR) is 117 cm³/mol. The summed E-state index contributed by atoms with van der Waals surface area (Å²) < 4.78 is 19.1. The molecule has 5 rings (SSSR count). The molecule has 1 aromatic heterocycles. The molecule has 1 aromatic carbocycles. The van der Waals surface area contributed by atoms with Crippen molar-refractivity contribution in [1.82, 2.24) is 9.78 Å². The summed E-state index contributed by atoms with van der Waals surface area (Å²) in [4.78, 5) is 17.9. The quantitative estimate of drug-likeness (QED) is 0.718. The highest BCUT2D eigenvalue weighted by Gasteiger charge is 2.37. The van der Waals surface area contributed by atoms with Crippen molar-refractivity contribution in [2.75, 3.05) is 13.4 Å². The monoisotopic (exact) mass is 449 g/mol. The molecule has 9 heteroatoms. The molecule has 0 aliphatic carbocycles. The first-order valence-electron chi connectivity index (χ1n) is 10.1. The molecular formula is C21H24ClN3O4S. The maximum absolute atomic E-state index is 13.1. The lowest BCUT2D eigenvalue weighted by molar-refractivity contribution is -0.0705. The number of nitrogens with one attached hydrogen (secondary N) is 1. The van der Waals surface area contributed by atoms with E-state index in [4.69, 9.17) is 30.8 Å². The third-order valence-electron chi connectivity index (χ3n) is 5.77. The van der Waals surface area contributed by atoms with E-state index in [0.717, 1.165) is 34.8 Å². The number of hydrogen-bond donors (Lipinski definition) is 1. The highest BCUT2D eigenvalue weighted by atomic mass is 35.5. The maximum atomic E-state index is 13.1. The van der Waals surface area contributed by atoms with Crippen LogP contribution in [0.15, 0.2) is 21.9 Å².